The highest BCUT2D eigenvalue weighted by Crippen LogP contribution is 2.32. The van der Waals surface area contributed by atoms with E-state index in [9.17, 15) is 0 Å². The van der Waals surface area contributed by atoms with Gasteiger partial charge in [-0.25, -0.2) is 0 Å². The van der Waals surface area contributed by atoms with Gasteiger partial charge in [-0.3, -0.25) is 0 Å². The number of hydrogen-bond acceptors (Lipinski definition) is 3. The summed E-state index contributed by atoms with van der Waals surface area (Å²) in [6.45, 7) is 0. The molecular weight excluding hydrogens is 330 g/mol. The lowest BCUT2D eigenvalue weighted by Gasteiger charge is -2.21. The summed E-state index contributed by atoms with van der Waals surface area (Å²) in [5, 5.41) is 3.36. The van der Waals surface area contributed by atoms with Crippen molar-refractivity contribution in [2.45, 2.75) is 12.5 Å². The molecule has 112 valence electrons. The number of nitrogens with one attached hydrogen (secondary N) is 1. The number of methoxy groups -OCH3 is 2. The van der Waals surface area contributed by atoms with Gasteiger partial charge in [-0.15, -0.1) is 0 Å². The molecule has 0 amide bonds. The largest absolute Gasteiger partial charge is 0.496 e. The molecule has 0 saturated carbocycles. The van der Waals surface area contributed by atoms with Crippen LogP contribution in [-0.4, -0.2) is 21.3 Å². The Kier molecular flexibility index (Phi) is 5.65. The molecule has 0 aliphatic heterocycles. The van der Waals surface area contributed by atoms with E-state index in [0.717, 1.165) is 28.0 Å². The average Bonchev–Trinajstić information content (AvgIpc) is 2.53. The molecule has 4 heteroatoms. The van der Waals surface area contributed by atoms with Gasteiger partial charge in [0, 0.05) is 16.1 Å². The van der Waals surface area contributed by atoms with E-state index in [1.54, 1.807) is 14.2 Å². The second kappa shape index (κ2) is 7.48. The SMILES string of the molecule is CNC(Cc1ccccc1OC)c1ccc(Br)cc1OC. The molecule has 0 aromatic heterocycles. The third-order valence-corrected chi connectivity index (χ3v) is 4.03. The van der Waals surface area contributed by atoms with Crippen LogP contribution in [0.3, 0.4) is 0 Å². The van der Waals surface area contributed by atoms with Gasteiger partial charge in [0.15, 0.2) is 0 Å². The van der Waals surface area contributed by atoms with Crippen LogP contribution in [0.4, 0.5) is 0 Å². The number of benzene rings is 2. The third kappa shape index (κ3) is 3.77. The number of rotatable bonds is 6. The maximum Gasteiger partial charge on any atom is 0.124 e. The molecule has 21 heavy (non-hydrogen) atoms. The highest BCUT2D eigenvalue weighted by atomic mass is 79.9. The molecule has 1 unspecified atom stereocenters. The van der Waals surface area contributed by atoms with Crippen molar-refractivity contribution < 1.29 is 9.47 Å². The average molecular weight is 350 g/mol. The van der Waals surface area contributed by atoms with Crippen LogP contribution < -0.4 is 14.8 Å². The van der Waals surface area contributed by atoms with E-state index >= 15 is 0 Å². The minimum Gasteiger partial charge on any atom is -0.496 e. The molecule has 0 heterocycles. The lowest BCUT2D eigenvalue weighted by atomic mass is 9.97. The van der Waals surface area contributed by atoms with Crippen LogP contribution in [0.1, 0.15) is 17.2 Å². The maximum atomic E-state index is 5.50. The zero-order valence-corrected chi connectivity index (χ0v) is 14.1. The van der Waals surface area contributed by atoms with Gasteiger partial charge in [0.1, 0.15) is 11.5 Å². The summed E-state index contributed by atoms with van der Waals surface area (Å²) in [7, 11) is 5.36. The van der Waals surface area contributed by atoms with Crippen molar-refractivity contribution in [1.29, 1.82) is 0 Å². The van der Waals surface area contributed by atoms with Crippen molar-refractivity contribution in [3.05, 3.63) is 58.1 Å². The molecule has 1 N–H and O–H groups in total. The van der Waals surface area contributed by atoms with Crippen molar-refractivity contribution >= 4 is 15.9 Å². The Morgan fingerprint density at radius 2 is 1.76 bits per heavy atom. The molecule has 0 radical (unpaired) electrons. The predicted octanol–water partition coefficient (Wildman–Crippen LogP) is 3.97. The molecule has 2 aromatic carbocycles. The van der Waals surface area contributed by atoms with Crippen molar-refractivity contribution in [2.24, 2.45) is 0 Å². The van der Waals surface area contributed by atoms with Crippen molar-refractivity contribution in [1.82, 2.24) is 5.32 Å². The Morgan fingerprint density at radius 3 is 2.43 bits per heavy atom. The molecule has 0 saturated heterocycles. The summed E-state index contributed by atoms with van der Waals surface area (Å²) < 4.78 is 11.9. The molecular formula is C17H20BrNO2. The first kappa shape index (κ1) is 15.9. The second-order valence-corrected chi connectivity index (χ2v) is 5.66. The van der Waals surface area contributed by atoms with Crippen molar-refractivity contribution in [2.75, 3.05) is 21.3 Å². The monoisotopic (exact) mass is 349 g/mol. The summed E-state index contributed by atoms with van der Waals surface area (Å²) in [6, 6.07) is 14.4. The number of halogens is 1. The van der Waals surface area contributed by atoms with E-state index in [0.29, 0.717) is 0 Å². The molecule has 0 bridgehead atoms. The van der Waals surface area contributed by atoms with E-state index in [-0.39, 0.29) is 6.04 Å². The van der Waals surface area contributed by atoms with E-state index < -0.39 is 0 Å². The Hall–Kier alpha value is -1.52. The van der Waals surface area contributed by atoms with Crippen LogP contribution >= 0.6 is 15.9 Å². The lowest BCUT2D eigenvalue weighted by molar-refractivity contribution is 0.395. The van der Waals surface area contributed by atoms with E-state index in [1.165, 1.54) is 5.56 Å². The van der Waals surface area contributed by atoms with Gasteiger partial charge < -0.3 is 14.8 Å². The Morgan fingerprint density at radius 1 is 1.05 bits per heavy atom. The van der Waals surface area contributed by atoms with E-state index in [2.05, 4.69) is 33.4 Å². The van der Waals surface area contributed by atoms with Crippen LogP contribution in [0.2, 0.25) is 0 Å². The predicted molar refractivity (Wildman–Crippen MR) is 89.2 cm³/mol. The Bertz CT molecular complexity index is 601. The van der Waals surface area contributed by atoms with Crippen LogP contribution in [-0.2, 0) is 6.42 Å². The second-order valence-electron chi connectivity index (χ2n) is 4.74. The number of ether oxygens (including phenoxy) is 2. The van der Waals surface area contributed by atoms with Crippen molar-refractivity contribution in [3.63, 3.8) is 0 Å². The summed E-state index contributed by atoms with van der Waals surface area (Å²) in [6.07, 6.45) is 0.832. The van der Waals surface area contributed by atoms with Gasteiger partial charge in [-0.05, 0) is 37.2 Å². The van der Waals surface area contributed by atoms with E-state index in [1.807, 2.05) is 37.4 Å². The van der Waals surface area contributed by atoms with Crippen LogP contribution in [0.15, 0.2) is 46.9 Å². The van der Waals surface area contributed by atoms with Crippen LogP contribution in [0.25, 0.3) is 0 Å². The number of likely N-dealkylation sites (N-methyl/N-ethyl adjacent to an activating group) is 1. The smallest absolute Gasteiger partial charge is 0.124 e. The summed E-state index contributed by atoms with van der Waals surface area (Å²) >= 11 is 3.48. The number of para-hydroxylation sites is 1. The molecule has 0 spiro atoms. The van der Waals surface area contributed by atoms with Gasteiger partial charge in [0.25, 0.3) is 0 Å². The fourth-order valence-electron chi connectivity index (χ4n) is 2.43. The zero-order chi connectivity index (χ0) is 15.2. The lowest BCUT2D eigenvalue weighted by Crippen LogP contribution is -2.20. The first-order valence-electron chi connectivity index (χ1n) is 6.82. The topological polar surface area (TPSA) is 30.5 Å². The normalized spacial score (nSPS) is 12.0. The van der Waals surface area contributed by atoms with E-state index in [4.69, 9.17) is 9.47 Å². The highest BCUT2D eigenvalue weighted by molar-refractivity contribution is 9.10. The standard InChI is InChI=1S/C17H20BrNO2/c1-19-15(10-12-6-4-5-7-16(12)20-2)14-9-8-13(18)11-17(14)21-3/h4-9,11,15,19H,10H2,1-3H3. The van der Waals surface area contributed by atoms with Gasteiger partial charge in [-0.2, -0.15) is 0 Å². The first-order valence-corrected chi connectivity index (χ1v) is 7.61. The zero-order valence-electron chi connectivity index (χ0n) is 12.5. The molecule has 3 nitrogen and oxygen atoms in total. The third-order valence-electron chi connectivity index (χ3n) is 3.54. The minimum atomic E-state index is 0.157. The molecule has 1 atom stereocenters. The fraction of sp³-hybridized carbons (Fsp3) is 0.294. The van der Waals surface area contributed by atoms with Crippen LogP contribution in [0.5, 0.6) is 11.5 Å². The maximum absolute atomic E-state index is 5.50. The molecule has 0 aliphatic rings. The molecule has 0 fully saturated rings. The summed E-state index contributed by atoms with van der Waals surface area (Å²) in [4.78, 5) is 0. The quantitative estimate of drug-likeness (QED) is 0.855. The Balaban J connectivity index is 2.32. The van der Waals surface area contributed by atoms with Crippen molar-refractivity contribution in [3.8, 4) is 11.5 Å². The molecule has 2 rings (SSSR count). The summed E-state index contributed by atoms with van der Waals surface area (Å²) in [5.74, 6) is 1.78. The van der Waals surface area contributed by atoms with Gasteiger partial charge in [0.2, 0.25) is 0 Å². The molecule has 0 aliphatic carbocycles. The van der Waals surface area contributed by atoms with Gasteiger partial charge >= 0.3 is 0 Å². The highest BCUT2D eigenvalue weighted by Gasteiger charge is 2.17. The Labute approximate surface area is 134 Å². The number of hydrogen-bond donors (Lipinski definition) is 1. The molecule has 2 aromatic rings. The summed E-state index contributed by atoms with van der Waals surface area (Å²) in [5.41, 5.74) is 2.30. The van der Waals surface area contributed by atoms with Crippen LogP contribution in [0, 0.1) is 0 Å². The first-order chi connectivity index (χ1) is 10.2. The van der Waals surface area contributed by atoms with Gasteiger partial charge in [0.05, 0.1) is 14.2 Å². The fourth-order valence-corrected chi connectivity index (χ4v) is 2.77. The minimum absolute atomic E-state index is 0.157. The van der Waals surface area contributed by atoms with Gasteiger partial charge in [-0.1, -0.05) is 40.2 Å².